The van der Waals surface area contributed by atoms with Crippen LogP contribution < -0.4 is 10.1 Å². The number of hydrogen-bond acceptors (Lipinski definition) is 3. The molecule has 1 N–H and O–H groups in total. The van der Waals surface area contributed by atoms with Crippen LogP contribution in [0.2, 0.25) is 0 Å². The molecule has 2 atom stereocenters. The number of benzene rings is 2. The lowest BCUT2D eigenvalue weighted by molar-refractivity contribution is -0.127. The van der Waals surface area contributed by atoms with E-state index in [4.69, 9.17) is 4.74 Å². The van der Waals surface area contributed by atoms with E-state index in [2.05, 4.69) is 5.32 Å². The third-order valence-electron chi connectivity index (χ3n) is 4.02. The summed E-state index contributed by atoms with van der Waals surface area (Å²) in [7, 11) is 0. The van der Waals surface area contributed by atoms with Gasteiger partial charge in [-0.1, -0.05) is 35.9 Å². The second-order valence-corrected chi connectivity index (χ2v) is 7.06. The van der Waals surface area contributed by atoms with Gasteiger partial charge in [-0.25, -0.2) is 4.39 Å². The molecule has 0 unspecified atom stereocenters. The maximum absolute atomic E-state index is 13.2. The highest BCUT2D eigenvalue weighted by molar-refractivity contribution is 7.10. The van der Waals surface area contributed by atoms with Crippen molar-refractivity contribution in [1.82, 2.24) is 5.32 Å². The van der Waals surface area contributed by atoms with Gasteiger partial charge in [0.1, 0.15) is 11.6 Å². The lowest BCUT2D eigenvalue weighted by Crippen LogP contribution is -2.38. The second-order valence-electron chi connectivity index (χ2n) is 6.08. The molecular formula is C21H20FNO2S. The number of rotatable bonds is 6. The Balaban J connectivity index is 1.74. The maximum Gasteiger partial charge on any atom is 0.261 e. The predicted octanol–water partition coefficient (Wildman–Crippen LogP) is 4.87. The van der Waals surface area contributed by atoms with Gasteiger partial charge in [-0.2, -0.15) is 0 Å². The van der Waals surface area contributed by atoms with Gasteiger partial charge in [-0.3, -0.25) is 4.79 Å². The number of ether oxygens (including phenoxy) is 1. The minimum atomic E-state index is -0.652. The molecule has 0 aliphatic carbocycles. The lowest BCUT2D eigenvalue weighted by Gasteiger charge is -2.21. The fourth-order valence-electron chi connectivity index (χ4n) is 2.56. The van der Waals surface area contributed by atoms with Gasteiger partial charge < -0.3 is 10.1 Å². The van der Waals surface area contributed by atoms with Gasteiger partial charge >= 0.3 is 0 Å². The first kappa shape index (κ1) is 18.1. The van der Waals surface area contributed by atoms with Crippen molar-refractivity contribution in [2.24, 2.45) is 0 Å². The van der Waals surface area contributed by atoms with E-state index in [0.29, 0.717) is 5.75 Å². The Morgan fingerprint density at radius 3 is 2.38 bits per heavy atom. The number of aryl methyl sites for hydroxylation is 1. The summed E-state index contributed by atoms with van der Waals surface area (Å²) in [6, 6.07) is 17.3. The molecule has 0 radical (unpaired) electrons. The molecule has 26 heavy (non-hydrogen) atoms. The molecule has 0 aliphatic rings. The standard InChI is InChI=1S/C21H20FNO2S/c1-14-5-11-18(12-6-14)25-15(2)21(24)23-20(19-4-3-13-26-19)16-7-9-17(22)10-8-16/h3-13,15,20H,1-2H3,(H,23,24)/t15-,20+/m0/s1. The van der Waals surface area contributed by atoms with Crippen LogP contribution in [-0.4, -0.2) is 12.0 Å². The molecule has 0 aliphatic heterocycles. The van der Waals surface area contributed by atoms with Gasteiger partial charge in [0.25, 0.3) is 5.91 Å². The van der Waals surface area contributed by atoms with Crippen LogP contribution >= 0.6 is 11.3 Å². The van der Waals surface area contributed by atoms with Crippen LogP contribution in [0.5, 0.6) is 5.75 Å². The van der Waals surface area contributed by atoms with Gasteiger partial charge in [0.2, 0.25) is 0 Å². The monoisotopic (exact) mass is 369 g/mol. The molecule has 5 heteroatoms. The predicted molar refractivity (Wildman–Crippen MR) is 102 cm³/mol. The molecule has 0 spiro atoms. The molecule has 3 aromatic rings. The van der Waals surface area contributed by atoms with Crippen LogP contribution in [0, 0.1) is 12.7 Å². The first-order valence-electron chi connectivity index (χ1n) is 8.35. The maximum atomic E-state index is 13.2. The van der Waals surface area contributed by atoms with Gasteiger partial charge in [-0.05, 0) is 55.1 Å². The third-order valence-corrected chi connectivity index (χ3v) is 4.96. The molecule has 3 nitrogen and oxygen atoms in total. The topological polar surface area (TPSA) is 38.3 Å². The van der Waals surface area contributed by atoms with E-state index in [-0.39, 0.29) is 17.8 Å². The fraction of sp³-hybridized carbons (Fsp3) is 0.190. The van der Waals surface area contributed by atoms with E-state index < -0.39 is 6.10 Å². The Kier molecular flexibility index (Phi) is 5.68. The molecule has 0 saturated carbocycles. The van der Waals surface area contributed by atoms with E-state index in [1.807, 2.05) is 48.7 Å². The van der Waals surface area contributed by atoms with Gasteiger partial charge in [0.15, 0.2) is 6.10 Å². The van der Waals surface area contributed by atoms with E-state index in [1.165, 1.54) is 12.1 Å². The summed E-state index contributed by atoms with van der Waals surface area (Å²) in [6.45, 7) is 3.71. The molecule has 0 bridgehead atoms. The third kappa shape index (κ3) is 4.49. The zero-order valence-corrected chi connectivity index (χ0v) is 15.4. The molecule has 0 fully saturated rings. The molecular weight excluding hydrogens is 349 g/mol. The lowest BCUT2D eigenvalue weighted by atomic mass is 10.0. The number of thiophene rings is 1. The van der Waals surface area contributed by atoms with E-state index in [1.54, 1.807) is 30.4 Å². The van der Waals surface area contributed by atoms with E-state index >= 15 is 0 Å². The highest BCUT2D eigenvalue weighted by Gasteiger charge is 2.22. The summed E-state index contributed by atoms with van der Waals surface area (Å²) >= 11 is 1.54. The fourth-order valence-corrected chi connectivity index (χ4v) is 3.37. The smallest absolute Gasteiger partial charge is 0.261 e. The number of halogens is 1. The normalized spacial score (nSPS) is 13.0. The Hall–Kier alpha value is -2.66. The van der Waals surface area contributed by atoms with Crippen molar-refractivity contribution in [3.63, 3.8) is 0 Å². The summed E-state index contributed by atoms with van der Waals surface area (Å²) in [6.07, 6.45) is -0.652. The van der Waals surface area contributed by atoms with Crippen LogP contribution in [-0.2, 0) is 4.79 Å². The van der Waals surface area contributed by atoms with Crippen molar-refractivity contribution in [3.8, 4) is 5.75 Å². The van der Waals surface area contributed by atoms with Crippen molar-refractivity contribution in [2.45, 2.75) is 26.0 Å². The largest absolute Gasteiger partial charge is 0.481 e. The molecule has 3 rings (SSSR count). The number of hydrogen-bond donors (Lipinski definition) is 1. The van der Waals surface area contributed by atoms with Gasteiger partial charge in [0.05, 0.1) is 6.04 Å². The number of nitrogens with one attached hydrogen (secondary N) is 1. The number of carbonyl (C=O) groups excluding carboxylic acids is 1. The van der Waals surface area contributed by atoms with Crippen molar-refractivity contribution in [1.29, 1.82) is 0 Å². The minimum absolute atomic E-state index is 0.228. The molecule has 1 heterocycles. The van der Waals surface area contributed by atoms with E-state index in [0.717, 1.165) is 16.0 Å². The average Bonchev–Trinajstić information content (AvgIpc) is 3.16. The second kappa shape index (κ2) is 8.15. The van der Waals surface area contributed by atoms with Gasteiger partial charge in [0, 0.05) is 4.88 Å². The summed E-state index contributed by atoms with van der Waals surface area (Å²) in [5, 5.41) is 4.96. The molecule has 2 aromatic carbocycles. The molecule has 1 aromatic heterocycles. The first-order valence-corrected chi connectivity index (χ1v) is 9.23. The minimum Gasteiger partial charge on any atom is -0.481 e. The van der Waals surface area contributed by atoms with Crippen LogP contribution in [0.4, 0.5) is 4.39 Å². The average molecular weight is 369 g/mol. The summed E-state index contributed by atoms with van der Waals surface area (Å²) in [5.74, 6) is 0.113. The Morgan fingerprint density at radius 2 is 1.77 bits per heavy atom. The SMILES string of the molecule is Cc1ccc(O[C@@H](C)C(=O)N[C@H](c2ccc(F)cc2)c2cccs2)cc1. The quantitative estimate of drug-likeness (QED) is 0.673. The van der Waals surface area contributed by atoms with Gasteiger partial charge in [-0.15, -0.1) is 11.3 Å². The molecule has 0 saturated heterocycles. The highest BCUT2D eigenvalue weighted by atomic mass is 32.1. The number of amides is 1. The van der Waals surface area contributed by atoms with Crippen molar-refractivity contribution in [3.05, 3.63) is 87.9 Å². The van der Waals surface area contributed by atoms with Crippen LogP contribution in [0.1, 0.15) is 29.0 Å². The summed E-state index contributed by atoms with van der Waals surface area (Å²) in [4.78, 5) is 13.6. The zero-order valence-electron chi connectivity index (χ0n) is 14.6. The number of carbonyl (C=O) groups is 1. The van der Waals surface area contributed by atoms with Crippen molar-refractivity contribution >= 4 is 17.2 Å². The first-order chi connectivity index (χ1) is 12.5. The molecule has 1 amide bonds. The van der Waals surface area contributed by atoms with Crippen LogP contribution in [0.15, 0.2) is 66.0 Å². The summed E-state index contributed by atoms with van der Waals surface area (Å²) in [5.41, 5.74) is 1.95. The van der Waals surface area contributed by atoms with Crippen LogP contribution in [0.3, 0.4) is 0 Å². The summed E-state index contributed by atoms with van der Waals surface area (Å²) < 4.78 is 19.0. The van der Waals surface area contributed by atoms with E-state index in [9.17, 15) is 9.18 Å². The Bertz CT molecular complexity index is 845. The Labute approximate surface area is 156 Å². The zero-order chi connectivity index (χ0) is 18.5. The van der Waals surface area contributed by atoms with Crippen molar-refractivity contribution in [2.75, 3.05) is 0 Å². The highest BCUT2D eigenvalue weighted by Crippen LogP contribution is 2.26. The van der Waals surface area contributed by atoms with Crippen molar-refractivity contribution < 1.29 is 13.9 Å². The molecule has 134 valence electrons. The Morgan fingerprint density at radius 1 is 1.08 bits per heavy atom. The van der Waals surface area contributed by atoms with Crippen LogP contribution in [0.25, 0.3) is 0 Å².